The normalized spacial score (nSPS) is 11.3. The molecule has 0 aliphatic heterocycles. The number of hydrogen-bond acceptors (Lipinski definition) is 4. The highest BCUT2D eigenvalue weighted by atomic mass is 19.4. The van der Waals surface area contributed by atoms with Gasteiger partial charge in [0.1, 0.15) is 11.6 Å². The van der Waals surface area contributed by atoms with Crippen LogP contribution < -0.4 is 10.1 Å². The summed E-state index contributed by atoms with van der Waals surface area (Å²) < 4.78 is 62.5. The van der Waals surface area contributed by atoms with Gasteiger partial charge in [0.05, 0.1) is 24.6 Å². The predicted octanol–water partition coefficient (Wildman–Crippen LogP) is 5.08. The molecule has 1 heterocycles. The smallest absolute Gasteiger partial charge is 0.416 e. The highest BCUT2D eigenvalue weighted by molar-refractivity contribution is 5.91. The van der Waals surface area contributed by atoms with Crippen LogP contribution in [0.3, 0.4) is 0 Å². The van der Waals surface area contributed by atoms with E-state index >= 15 is 0 Å². The Bertz CT molecular complexity index is 998. The van der Waals surface area contributed by atoms with E-state index in [-0.39, 0.29) is 18.7 Å². The number of hydrogen-bond donors (Lipinski definition) is 1. The molecule has 3 rings (SSSR count). The molecular formula is C20H16F4N2O3. The summed E-state index contributed by atoms with van der Waals surface area (Å²) in [7, 11) is 1.55. The standard InChI is InChI=1S/C20H16F4N2O3/c1-28-14-5-2-12(3-6-14)17-11-25-19(29-17)9-8-18(27)26-16-10-13(20(22,23)24)4-7-15(16)21/h2-7,10-11H,8-9H2,1H3,(H,26,27). The quantitative estimate of drug-likeness (QED) is 0.578. The lowest BCUT2D eigenvalue weighted by molar-refractivity contribution is -0.137. The molecule has 29 heavy (non-hydrogen) atoms. The van der Waals surface area contributed by atoms with E-state index in [0.29, 0.717) is 29.7 Å². The largest absolute Gasteiger partial charge is 0.497 e. The summed E-state index contributed by atoms with van der Waals surface area (Å²) in [5.74, 6) is -0.161. The lowest BCUT2D eigenvalue weighted by atomic mass is 10.2. The number of amides is 1. The first-order valence-corrected chi connectivity index (χ1v) is 8.52. The van der Waals surface area contributed by atoms with Crippen LogP contribution >= 0.6 is 0 Å². The van der Waals surface area contributed by atoms with Crippen LogP contribution in [0.4, 0.5) is 23.2 Å². The minimum atomic E-state index is -4.64. The van der Waals surface area contributed by atoms with Gasteiger partial charge in [-0.2, -0.15) is 13.2 Å². The van der Waals surface area contributed by atoms with E-state index in [1.165, 1.54) is 6.20 Å². The van der Waals surface area contributed by atoms with Gasteiger partial charge in [-0.05, 0) is 42.5 Å². The lowest BCUT2D eigenvalue weighted by Gasteiger charge is -2.10. The number of ether oxygens (including phenoxy) is 1. The maximum absolute atomic E-state index is 13.7. The molecule has 1 N–H and O–H groups in total. The molecule has 0 radical (unpaired) electrons. The van der Waals surface area contributed by atoms with Crippen LogP contribution in [0.1, 0.15) is 17.9 Å². The number of aryl methyl sites for hydroxylation is 1. The number of halogens is 4. The summed E-state index contributed by atoms with van der Waals surface area (Å²) in [6.07, 6.45) is -3.18. The van der Waals surface area contributed by atoms with Crippen molar-refractivity contribution in [1.29, 1.82) is 0 Å². The predicted molar refractivity (Wildman–Crippen MR) is 96.8 cm³/mol. The van der Waals surface area contributed by atoms with E-state index in [9.17, 15) is 22.4 Å². The summed E-state index contributed by atoms with van der Waals surface area (Å²) in [5, 5.41) is 2.15. The Morgan fingerprint density at radius 2 is 1.90 bits per heavy atom. The number of oxazole rings is 1. The van der Waals surface area contributed by atoms with E-state index in [2.05, 4.69) is 10.3 Å². The average molecular weight is 408 g/mol. The molecule has 0 aliphatic rings. The van der Waals surface area contributed by atoms with Crippen LogP contribution in [0.5, 0.6) is 5.75 Å². The zero-order valence-electron chi connectivity index (χ0n) is 15.2. The molecule has 0 saturated heterocycles. The van der Waals surface area contributed by atoms with Gasteiger partial charge in [-0.1, -0.05) is 0 Å². The highest BCUT2D eigenvalue weighted by Gasteiger charge is 2.31. The van der Waals surface area contributed by atoms with Crippen LogP contribution in [0.15, 0.2) is 53.1 Å². The monoisotopic (exact) mass is 408 g/mol. The summed E-state index contributed by atoms with van der Waals surface area (Å²) >= 11 is 0. The topological polar surface area (TPSA) is 64.4 Å². The number of carbonyl (C=O) groups is 1. The Hall–Kier alpha value is -3.36. The second-order valence-electron chi connectivity index (χ2n) is 6.09. The molecule has 0 bridgehead atoms. The number of nitrogens with one attached hydrogen (secondary N) is 1. The molecule has 2 aromatic carbocycles. The number of benzene rings is 2. The first-order chi connectivity index (χ1) is 13.8. The van der Waals surface area contributed by atoms with Crippen LogP contribution in [0.2, 0.25) is 0 Å². The van der Waals surface area contributed by atoms with Crippen LogP contribution in [-0.2, 0) is 17.4 Å². The van der Waals surface area contributed by atoms with Crippen molar-refractivity contribution in [2.24, 2.45) is 0 Å². The van der Waals surface area contributed by atoms with E-state index in [1.807, 2.05) is 0 Å². The van der Waals surface area contributed by atoms with Gasteiger partial charge < -0.3 is 14.5 Å². The van der Waals surface area contributed by atoms with Gasteiger partial charge in [-0.3, -0.25) is 4.79 Å². The second-order valence-corrected chi connectivity index (χ2v) is 6.09. The lowest BCUT2D eigenvalue weighted by Crippen LogP contribution is -2.15. The van der Waals surface area contributed by atoms with Crippen molar-refractivity contribution < 1.29 is 31.5 Å². The number of alkyl halides is 3. The molecule has 0 spiro atoms. The maximum atomic E-state index is 13.7. The fourth-order valence-electron chi connectivity index (χ4n) is 2.55. The minimum absolute atomic E-state index is 0.0998. The Labute approximate surface area is 163 Å². The number of methoxy groups -OCH3 is 1. The van der Waals surface area contributed by atoms with Gasteiger partial charge in [0.15, 0.2) is 11.7 Å². The van der Waals surface area contributed by atoms with Crippen molar-refractivity contribution in [1.82, 2.24) is 4.98 Å². The molecule has 152 valence electrons. The SMILES string of the molecule is COc1ccc(-c2cnc(CCC(=O)Nc3cc(C(F)(F)F)ccc3F)o2)cc1. The third kappa shape index (κ3) is 5.13. The first kappa shape index (κ1) is 20.4. The van der Waals surface area contributed by atoms with Crippen LogP contribution in [-0.4, -0.2) is 18.0 Å². The molecule has 1 amide bonds. The summed E-state index contributed by atoms with van der Waals surface area (Å²) in [6, 6.07) is 8.91. The van der Waals surface area contributed by atoms with Gasteiger partial charge in [0, 0.05) is 18.4 Å². The van der Waals surface area contributed by atoms with Crippen molar-refractivity contribution >= 4 is 11.6 Å². The molecule has 3 aromatic rings. The third-order valence-electron chi connectivity index (χ3n) is 4.06. The van der Waals surface area contributed by atoms with Gasteiger partial charge >= 0.3 is 6.18 Å². The van der Waals surface area contributed by atoms with E-state index in [1.54, 1.807) is 31.4 Å². The van der Waals surface area contributed by atoms with Crippen molar-refractivity contribution in [3.05, 3.63) is 65.9 Å². The number of aromatic nitrogens is 1. The fraction of sp³-hybridized carbons (Fsp3) is 0.200. The fourth-order valence-corrected chi connectivity index (χ4v) is 2.55. The van der Waals surface area contributed by atoms with E-state index in [0.717, 1.165) is 5.56 Å². The number of rotatable bonds is 6. The zero-order chi connectivity index (χ0) is 21.0. The number of anilines is 1. The summed E-state index contributed by atoms with van der Waals surface area (Å²) in [6.45, 7) is 0. The summed E-state index contributed by atoms with van der Waals surface area (Å²) in [4.78, 5) is 16.1. The molecule has 1 aromatic heterocycles. The van der Waals surface area contributed by atoms with Gasteiger partial charge in [-0.15, -0.1) is 0 Å². The molecule has 9 heteroatoms. The maximum Gasteiger partial charge on any atom is 0.416 e. The number of carbonyl (C=O) groups excluding carboxylic acids is 1. The third-order valence-corrected chi connectivity index (χ3v) is 4.06. The minimum Gasteiger partial charge on any atom is -0.497 e. The molecule has 0 atom stereocenters. The van der Waals surface area contributed by atoms with Crippen molar-refractivity contribution in [3.8, 4) is 17.1 Å². The van der Waals surface area contributed by atoms with Gasteiger partial charge in [0.25, 0.3) is 0 Å². The molecular weight excluding hydrogens is 392 g/mol. The highest BCUT2D eigenvalue weighted by Crippen LogP contribution is 2.32. The van der Waals surface area contributed by atoms with Gasteiger partial charge in [-0.25, -0.2) is 9.37 Å². The van der Waals surface area contributed by atoms with Crippen LogP contribution in [0.25, 0.3) is 11.3 Å². The molecule has 0 unspecified atom stereocenters. The van der Waals surface area contributed by atoms with E-state index < -0.39 is 29.2 Å². The van der Waals surface area contributed by atoms with E-state index in [4.69, 9.17) is 9.15 Å². The second kappa shape index (κ2) is 8.34. The Morgan fingerprint density at radius 1 is 1.17 bits per heavy atom. The van der Waals surface area contributed by atoms with Crippen molar-refractivity contribution in [2.75, 3.05) is 12.4 Å². The zero-order valence-corrected chi connectivity index (χ0v) is 15.2. The van der Waals surface area contributed by atoms with Crippen LogP contribution in [0, 0.1) is 5.82 Å². The Balaban J connectivity index is 1.61. The molecule has 5 nitrogen and oxygen atoms in total. The molecule has 0 fully saturated rings. The van der Waals surface area contributed by atoms with Crippen molar-refractivity contribution in [2.45, 2.75) is 19.0 Å². The van der Waals surface area contributed by atoms with Gasteiger partial charge in [0.2, 0.25) is 5.91 Å². The Kier molecular flexibility index (Phi) is 5.86. The van der Waals surface area contributed by atoms with Crippen molar-refractivity contribution in [3.63, 3.8) is 0 Å². The molecule has 0 aliphatic carbocycles. The average Bonchev–Trinajstić information content (AvgIpc) is 3.16. The number of nitrogens with zero attached hydrogens (tertiary/aromatic N) is 1. The summed E-state index contributed by atoms with van der Waals surface area (Å²) in [5.41, 5.74) is -0.817. The first-order valence-electron chi connectivity index (χ1n) is 8.52. The Morgan fingerprint density at radius 3 is 2.55 bits per heavy atom. The molecule has 0 saturated carbocycles.